The molecule has 1 rings (SSSR count). The average Bonchev–Trinajstić information content (AvgIpc) is 2.50. The summed E-state index contributed by atoms with van der Waals surface area (Å²) in [4.78, 5) is 10.5. The van der Waals surface area contributed by atoms with E-state index in [1.165, 1.54) is 0 Å². The Bertz CT molecular complexity index is 219. The molecule has 0 spiro atoms. The Labute approximate surface area is 78.5 Å². The minimum absolute atomic E-state index is 0.289. The molecule has 0 saturated carbocycles. The predicted octanol–water partition coefficient (Wildman–Crippen LogP) is -0.612. The Morgan fingerprint density at radius 2 is 2.21 bits per heavy atom. The molecule has 1 heterocycles. The first kappa shape index (κ1) is 11.3. The van der Waals surface area contributed by atoms with Gasteiger partial charge in [0, 0.05) is 6.04 Å². The minimum Gasteiger partial charge on any atom is -0.395 e. The van der Waals surface area contributed by atoms with Gasteiger partial charge in [0.2, 0.25) is 0 Å². The molecule has 1 aliphatic heterocycles. The van der Waals surface area contributed by atoms with Gasteiger partial charge in [0.15, 0.2) is 0 Å². The summed E-state index contributed by atoms with van der Waals surface area (Å²) in [7, 11) is 0. The number of hydrogen-bond donors (Lipinski definition) is 3. The molecule has 1 fully saturated rings. The molecule has 14 heavy (non-hydrogen) atoms. The summed E-state index contributed by atoms with van der Waals surface area (Å²) in [5, 5.41) is 13.4. The van der Waals surface area contributed by atoms with Crippen LogP contribution in [0.1, 0.15) is 6.42 Å². The smallest absolute Gasteiger partial charge is 0.395 e. The van der Waals surface area contributed by atoms with Crippen molar-refractivity contribution >= 4 is 5.91 Å². The van der Waals surface area contributed by atoms with Gasteiger partial charge in [0.05, 0.1) is 12.6 Å². The Hall–Kier alpha value is -0.820. The van der Waals surface area contributed by atoms with Crippen LogP contribution in [0.5, 0.6) is 0 Å². The highest BCUT2D eigenvalue weighted by atomic mass is 19.4. The maximum atomic E-state index is 11.8. The van der Waals surface area contributed by atoms with Crippen molar-refractivity contribution in [2.24, 2.45) is 0 Å². The van der Waals surface area contributed by atoms with Crippen LogP contribution in [0.15, 0.2) is 0 Å². The second-order valence-electron chi connectivity index (χ2n) is 3.11. The lowest BCUT2D eigenvalue weighted by Crippen LogP contribution is -2.49. The van der Waals surface area contributed by atoms with Crippen molar-refractivity contribution in [1.82, 2.24) is 10.6 Å². The molecular weight excluding hydrogens is 201 g/mol. The molecule has 0 unspecified atom stereocenters. The molecule has 0 bridgehead atoms. The normalized spacial score (nSPS) is 27.7. The van der Waals surface area contributed by atoms with Gasteiger partial charge in [0.25, 0.3) is 0 Å². The second-order valence-corrected chi connectivity index (χ2v) is 3.11. The van der Waals surface area contributed by atoms with Crippen molar-refractivity contribution < 1.29 is 23.1 Å². The van der Waals surface area contributed by atoms with E-state index in [4.69, 9.17) is 5.11 Å². The molecule has 2 atom stereocenters. The van der Waals surface area contributed by atoms with E-state index in [-0.39, 0.29) is 6.61 Å². The number of hydrogen-bond acceptors (Lipinski definition) is 3. The number of carbonyl (C=O) groups is 1. The fraction of sp³-hybridized carbons (Fsp3) is 0.857. The molecule has 0 radical (unpaired) electrons. The number of rotatable bonds is 2. The molecule has 0 aromatic heterocycles. The topological polar surface area (TPSA) is 61.4 Å². The first-order valence-corrected chi connectivity index (χ1v) is 4.17. The summed E-state index contributed by atoms with van der Waals surface area (Å²) in [6.45, 7) is 0.205. The van der Waals surface area contributed by atoms with E-state index in [9.17, 15) is 18.0 Å². The third-order valence-electron chi connectivity index (χ3n) is 2.12. The van der Waals surface area contributed by atoms with E-state index in [1.807, 2.05) is 5.32 Å². The van der Waals surface area contributed by atoms with Gasteiger partial charge >= 0.3 is 12.1 Å². The zero-order chi connectivity index (χ0) is 10.8. The quantitative estimate of drug-likeness (QED) is 0.572. The average molecular weight is 212 g/mol. The van der Waals surface area contributed by atoms with Crippen molar-refractivity contribution in [2.75, 3.05) is 13.2 Å². The van der Waals surface area contributed by atoms with Crippen molar-refractivity contribution in [3.63, 3.8) is 0 Å². The number of alkyl halides is 3. The Morgan fingerprint density at radius 1 is 1.57 bits per heavy atom. The molecule has 0 aromatic carbocycles. The van der Waals surface area contributed by atoms with Gasteiger partial charge < -0.3 is 15.7 Å². The van der Waals surface area contributed by atoms with Crippen LogP contribution in [0.4, 0.5) is 13.2 Å². The Balaban J connectivity index is 2.48. The predicted molar refractivity (Wildman–Crippen MR) is 41.5 cm³/mol. The van der Waals surface area contributed by atoms with Gasteiger partial charge in [-0.05, 0) is 13.0 Å². The van der Waals surface area contributed by atoms with Crippen LogP contribution in [0.2, 0.25) is 0 Å². The number of halogens is 3. The highest BCUT2D eigenvalue weighted by Gasteiger charge is 2.41. The molecule has 1 saturated heterocycles. The molecule has 4 nitrogen and oxygen atoms in total. The zero-order valence-electron chi connectivity index (χ0n) is 7.27. The number of carbonyl (C=O) groups excluding carboxylic acids is 1. The van der Waals surface area contributed by atoms with Crippen LogP contribution >= 0.6 is 0 Å². The SMILES string of the molecule is O=C(N[C@@H]1CCN[C@@H]1CO)C(F)(F)F. The summed E-state index contributed by atoms with van der Waals surface area (Å²) in [6.07, 6.45) is -4.46. The summed E-state index contributed by atoms with van der Waals surface area (Å²) in [5.74, 6) is -1.95. The van der Waals surface area contributed by atoms with E-state index >= 15 is 0 Å². The first-order chi connectivity index (χ1) is 6.45. The Kier molecular flexibility index (Phi) is 3.33. The fourth-order valence-electron chi connectivity index (χ4n) is 1.38. The van der Waals surface area contributed by atoms with Crippen LogP contribution in [-0.2, 0) is 4.79 Å². The second kappa shape index (κ2) is 4.14. The zero-order valence-corrected chi connectivity index (χ0v) is 7.27. The molecular formula is C7H11F3N2O2. The van der Waals surface area contributed by atoms with E-state index in [1.54, 1.807) is 0 Å². The highest BCUT2D eigenvalue weighted by molar-refractivity contribution is 5.82. The molecule has 1 amide bonds. The maximum Gasteiger partial charge on any atom is 0.471 e. The van der Waals surface area contributed by atoms with Crippen molar-refractivity contribution in [3.05, 3.63) is 0 Å². The van der Waals surface area contributed by atoms with Gasteiger partial charge in [-0.3, -0.25) is 4.79 Å². The summed E-state index contributed by atoms with van der Waals surface area (Å²) in [6, 6.07) is -1.13. The lowest BCUT2D eigenvalue weighted by Gasteiger charge is -2.19. The van der Waals surface area contributed by atoms with Gasteiger partial charge in [-0.1, -0.05) is 0 Å². The lowest BCUT2D eigenvalue weighted by atomic mass is 10.1. The Morgan fingerprint density at radius 3 is 2.71 bits per heavy atom. The van der Waals surface area contributed by atoms with Gasteiger partial charge in [-0.15, -0.1) is 0 Å². The molecule has 0 aliphatic carbocycles. The molecule has 82 valence electrons. The standard InChI is InChI=1S/C7H11F3N2O2/c8-7(9,10)6(14)12-4-1-2-11-5(4)3-13/h4-5,11,13H,1-3H2,(H,12,14)/t4-,5-/m1/s1. The molecule has 3 N–H and O–H groups in total. The minimum atomic E-state index is -4.86. The fourth-order valence-corrected chi connectivity index (χ4v) is 1.38. The largest absolute Gasteiger partial charge is 0.471 e. The van der Waals surface area contributed by atoms with Gasteiger partial charge in [-0.25, -0.2) is 0 Å². The number of nitrogens with one attached hydrogen (secondary N) is 2. The van der Waals surface area contributed by atoms with Crippen LogP contribution in [0, 0.1) is 0 Å². The first-order valence-electron chi connectivity index (χ1n) is 4.17. The van der Waals surface area contributed by atoms with E-state index < -0.39 is 24.2 Å². The number of amides is 1. The van der Waals surface area contributed by atoms with E-state index in [0.717, 1.165) is 0 Å². The van der Waals surface area contributed by atoms with Gasteiger partial charge in [0.1, 0.15) is 0 Å². The van der Waals surface area contributed by atoms with E-state index in [0.29, 0.717) is 13.0 Å². The number of aliphatic hydroxyl groups is 1. The van der Waals surface area contributed by atoms with Crippen LogP contribution in [0.3, 0.4) is 0 Å². The molecule has 1 aliphatic rings. The number of aliphatic hydroxyl groups excluding tert-OH is 1. The lowest BCUT2D eigenvalue weighted by molar-refractivity contribution is -0.174. The van der Waals surface area contributed by atoms with Crippen LogP contribution < -0.4 is 10.6 Å². The summed E-state index contributed by atoms with van der Waals surface area (Å²) < 4.78 is 35.5. The van der Waals surface area contributed by atoms with Crippen molar-refractivity contribution in [3.8, 4) is 0 Å². The highest BCUT2D eigenvalue weighted by Crippen LogP contribution is 2.16. The molecule has 0 aromatic rings. The van der Waals surface area contributed by atoms with Gasteiger partial charge in [-0.2, -0.15) is 13.2 Å². The third kappa shape index (κ3) is 2.58. The molecule has 7 heteroatoms. The third-order valence-corrected chi connectivity index (χ3v) is 2.12. The van der Waals surface area contributed by atoms with Crippen LogP contribution in [0.25, 0.3) is 0 Å². The summed E-state index contributed by atoms with van der Waals surface area (Å²) >= 11 is 0. The van der Waals surface area contributed by atoms with Crippen molar-refractivity contribution in [2.45, 2.75) is 24.7 Å². The van der Waals surface area contributed by atoms with Crippen molar-refractivity contribution in [1.29, 1.82) is 0 Å². The monoisotopic (exact) mass is 212 g/mol. The summed E-state index contributed by atoms with van der Waals surface area (Å²) in [5.41, 5.74) is 0. The van der Waals surface area contributed by atoms with E-state index in [2.05, 4.69) is 5.32 Å². The van der Waals surface area contributed by atoms with Crippen LogP contribution in [-0.4, -0.2) is 42.4 Å². The maximum absolute atomic E-state index is 11.8.